The summed E-state index contributed by atoms with van der Waals surface area (Å²) >= 11 is 0. The number of morpholine rings is 1. The van der Waals surface area contributed by atoms with E-state index in [1.807, 2.05) is 26.0 Å². The zero-order valence-corrected chi connectivity index (χ0v) is 22.1. The highest BCUT2D eigenvalue weighted by Gasteiger charge is 2.46. The van der Waals surface area contributed by atoms with Crippen molar-refractivity contribution < 1.29 is 33.6 Å². The average molecular weight is 523 g/mol. The highest BCUT2D eigenvalue weighted by atomic mass is 16.5. The van der Waals surface area contributed by atoms with Gasteiger partial charge in [0.05, 0.1) is 38.5 Å². The molecule has 1 amide bonds. The standard InChI is InChI=1S/C29H34N2O7/c1-4-37-23-8-5-19(17-24(23)35-3)26-25(27(32)20-6-7-22-21(16-20)15-18(2)38-22)28(33)29(34)31(26)10-9-30-11-13-36-14-12-30/h5-8,16-18,26,32H,4,9-15H2,1-3H3/b27-25+. The van der Waals surface area contributed by atoms with Crippen LogP contribution in [0.15, 0.2) is 42.0 Å². The predicted octanol–water partition coefficient (Wildman–Crippen LogP) is 3.17. The van der Waals surface area contributed by atoms with Crippen molar-refractivity contribution in [3.05, 3.63) is 58.7 Å². The van der Waals surface area contributed by atoms with Crippen LogP contribution in [-0.4, -0.2) is 85.8 Å². The lowest BCUT2D eigenvalue weighted by Gasteiger charge is -2.31. The number of aliphatic hydroxyl groups is 1. The maximum absolute atomic E-state index is 13.5. The van der Waals surface area contributed by atoms with E-state index < -0.39 is 17.7 Å². The van der Waals surface area contributed by atoms with Crippen molar-refractivity contribution in [2.75, 3.05) is 53.1 Å². The molecular weight excluding hydrogens is 488 g/mol. The van der Waals surface area contributed by atoms with Gasteiger partial charge in [0.15, 0.2) is 11.5 Å². The molecule has 0 bridgehead atoms. The second-order valence-corrected chi connectivity index (χ2v) is 9.74. The Balaban J connectivity index is 1.56. The number of likely N-dealkylation sites (tertiary alicyclic amines) is 1. The summed E-state index contributed by atoms with van der Waals surface area (Å²) in [5.41, 5.74) is 2.17. The molecular formula is C29H34N2O7. The fourth-order valence-electron chi connectivity index (χ4n) is 5.38. The van der Waals surface area contributed by atoms with Crippen molar-refractivity contribution in [2.45, 2.75) is 32.4 Å². The number of carbonyl (C=O) groups excluding carboxylic acids is 2. The molecule has 2 aromatic rings. The number of aliphatic hydroxyl groups excluding tert-OH is 1. The first kappa shape index (κ1) is 26.1. The molecule has 2 fully saturated rings. The minimum atomic E-state index is -0.774. The number of hydrogen-bond donors (Lipinski definition) is 1. The first-order chi connectivity index (χ1) is 18.4. The largest absolute Gasteiger partial charge is 0.507 e. The molecule has 202 valence electrons. The molecule has 9 heteroatoms. The third-order valence-electron chi connectivity index (χ3n) is 7.27. The zero-order valence-electron chi connectivity index (χ0n) is 22.1. The molecule has 3 aliphatic rings. The fraction of sp³-hybridized carbons (Fsp3) is 0.448. The monoisotopic (exact) mass is 522 g/mol. The lowest BCUT2D eigenvalue weighted by Crippen LogP contribution is -2.42. The van der Waals surface area contributed by atoms with Gasteiger partial charge in [0.1, 0.15) is 17.6 Å². The minimum Gasteiger partial charge on any atom is -0.507 e. The molecule has 3 aliphatic heterocycles. The number of benzene rings is 2. The molecule has 0 saturated carbocycles. The van der Waals surface area contributed by atoms with Crippen molar-refractivity contribution in [3.63, 3.8) is 0 Å². The Morgan fingerprint density at radius 3 is 2.61 bits per heavy atom. The Hall–Kier alpha value is -3.56. The van der Waals surface area contributed by atoms with Gasteiger partial charge in [0.2, 0.25) is 0 Å². The summed E-state index contributed by atoms with van der Waals surface area (Å²) in [6.07, 6.45) is 0.758. The van der Waals surface area contributed by atoms with E-state index in [-0.39, 0.29) is 17.4 Å². The fourth-order valence-corrected chi connectivity index (χ4v) is 5.38. The molecule has 2 unspecified atom stereocenters. The van der Waals surface area contributed by atoms with E-state index in [0.717, 1.165) is 24.4 Å². The summed E-state index contributed by atoms with van der Waals surface area (Å²) in [7, 11) is 1.55. The Morgan fingerprint density at radius 2 is 1.87 bits per heavy atom. The summed E-state index contributed by atoms with van der Waals surface area (Å²) in [4.78, 5) is 30.6. The summed E-state index contributed by atoms with van der Waals surface area (Å²) in [6, 6.07) is 9.95. The number of methoxy groups -OCH3 is 1. The topological polar surface area (TPSA) is 97.8 Å². The van der Waals surface area contributed by atoms with Gasteiger partial charge in [-0.3, -0.25) is 14.5 Å². The number of rotatable bonds is 8. The van der Waals surface area contributed by atoms with Gasteiger partial charge >= 0.3 is 0 Å². The van der Waals surface area contributed by atoms with Gasteiger partial charge in [0.25, 0.3) is 11.7 Å². The third kappa shape index (κ3) is 4.96. The van der Waals surface area contributed by atoms with Crippen molar-refractivity contribution in [1.29, 1.82) is 0 Å². The highest BCUT2D eigenvalue weighted by molar-refractivity contribution is 6.46. The number of amides is 1. The first-order valence-corrected chi connectivity index (χ1v) is 13.1. The zero-order chi connectivity index (χ0) is 26.8. The SMILES string of the molecule is CCOc1ccc(C2/C(=C(\O)c3ccc4c(c3)CC(C)O4)C(=O)C(=O)N2CCN2CCOCC2)cc1OC. The molecule has 0 aromatic heterocycles. The van der Waals surface area contributed by atoms with Crippen molar-refractivity contribution in [1.82, 2.24) is 9.80 Å². The van der Waals surface area contributed by atoms with Crippen LogP contribution in [0, 0.1) is 0 Å². The van der Waals surface area contributed by atoms with E-state index in [1.54, 1.807) is 36.3 Å². The number of ketones is 1. The lowest BCUT2D eigenvalue weighted by atomic mass is 9.94. The number of nitrogens with zero attached hydrogens (tertiary/aromatic N) is 2. The Bertz CT molecular complexity index is 1250. The number of Topliss-reactive ketones (excluding diaryl/α,β-unsaturated/α-hetero) is 1. The lowest BCUT2D eigenvalue weighted by molar-refractivity contribution is -0.140. The van der Waals surface area contributed by atoms with E-state index in [0.29, 0.717) is 62.0 Å². The van der Waals surface area contributed by atoms with Crippen molar-refractivity contribution >= 4 is 17.4 Å². The van der Waals surface area contributed by atoms with E-state index in [1.165, 1.54) is 0 Å². The second kappa shape index (κ2) is 11.0. The van der Waals surface area contributed by atoms with Crippen LogP contribution in [0.25, 0.3) is 5.76 Å². The molecule has 1 N–H and O–H groups in total. The van der Waals surface area contributed by atoms with Crippen LogP contribution in [0.3, 0.4) is 0 Å². The molecule has 0 spiro atoms. The average Bonchev–Trinajstić information content (AvgIpc) is 3.43. The summed E-state index contributed by atoms with van der Waals surface area (Å²) in [5, 5.41) is 11.5. The number of hydrogen-bond acceptors (Lipinski definition) is 8. The first-order valence-electron chi connectivity index (χ1n) is 13.1. The Labute approximate surface area is 222 Å². The van der Waals surface area contributed by atoms with Crippen LogP contribution in [0.4, 0.5) is 0 Å². The maximum Gasteiger partial charge on any atom is 0.295 e. The van der Waals surface area contributed by atoms with E-state index in [4.69, 9.17) is 18.9 Å². The van der Waals surface area contributed by atoms with Gasteiger partial charge in [-0.25, -0.2) is 0 Å². The quantitative estimate of drug-likeness (QED) is 0.321. The number of ether oxygens (including phenoxy) is 4. The van der Waals surface area contributed by atoms with Gasteiger partial charge in [-0.1, -0.05) is 6.07 Å². The second-order valence-electron chi connectivity index (χ2n) is 9.74. The molecule has 38 heavy (non-hydrogen) atoms. The molecule has 0 radical (unpaired) electrons. The smallest absolute Gasteiger partial charge is 0.295 e. The Morgan fingerprint density at radius 1 is 1.08 bits per heavy atom. The van der Waals surface area contributed by atoms with Crippen molar-refractivity contribution in [3.8, 4) is 17.2 Å². The molecule has 0 aliphatic carbocycles. The molecule has 2 atom stereocenters. The van der Waals surface area contributed by atoms with E-state index in [9.17, 15) is 14.7 Å². The molecule has 2 saturated heterocycles. The number of carbonyl (C=O) groups is 2. The van der Waals surface area contributed by atoms with Crippen molar-refractivity contribution in [2.24, 2.45) is 0 Å². The molecule has 9 nitrogen and oxygen atoms in total. The van der Waals surface area contributed by atoms with Crippen LogP contribution in [0.5, 0.6) is 17.2 Å². The molecule has 5 rings (SSSR count). The maximum atomic E-state index is 13.5. The van der Waals surface area contributed by atoms with Gasteiger partial charge in [-0.2, -0.15) is 0 Å². The summed E-state index contributed by atoms with van der Waals surface area (Å²) in [6.45, 7) is 8.07. The summed E-state index contributed by atoms with van der Waals surface area (Å²) in [5.74, 6) is 0.303. The van der Waals surface area contributed by atoms with E-state index in [2.05, 4.69) is 4.90 Å². The van der Waals surface area contributed by atoms with Crippen LogP contribution < -0.4 is 14.2 Å². The molecule has 3 heterocycles. The molecule has 2 aromatic carbocycles. The van der Waals surface area contributed by atoms with Crippen LogP contribution in [0.1, 0.15) is 36.6 Å². The number of fused-ring (bicyclic) bond motifs is 1. The highest BCUT2D eigenvalue weighted by Crippen LogP contribution is 2.42. The van der Waals surface area contributed by atoms with Crippen LogP contribution in [-0.2, 0) is 20.7 Å². The Kier molecular flexibility index (Phi) is 7.58. The van der Waals surface area contributed by atoms with Gasteiger partial charge in [-0.15, -0.1) is 0 Å². The van der Waals surface area contributed by atoms with Crippen LogP contribution >= 0.6 is 0 Å². The minimum absolute atomic E-state index is 0.0458. The van der Waals surface area contributed by atoms with E-state index >= 15 is 0 Å². The van der Waals surface area contributed by atoms with Gasteiger partial charge < -0.3 is 29.0 Å². The van der Waals surface area contributed by atoms with Crippen LogP contribution in [0.2, 0.25) is 0 Å². The summed E-state index contributed by atoms with van der Waals surface area (Å²) < 4.78 is 22.5. The van der Waals surface area contributed by atoms with Gasteiger partial charge in [-0.05, 0) is 55.3 Å². The van der Waals surface area contributed by atoms with Gasteiger partial charge in [0, 0.05) is 38.2 Å². The predicted molar refractivity (Wildman–Crippen MR) is 141 cm³/mol. The third-order valence-corrected chi connectivity index (χ3v) is 7.27. The normalized spacial score (nSPS) is 22.9.